The summed E-state index contributed by atoms with van der Waals surface area (Å²) in [6.45, 7) is 3.85. The van der Waals surface area contributed by atoms with Crippen LogP contribution in [0.4, 0.5) is 0 Å². The van der Waals surface area contributed by atoms with Gasteiger partial charge in [0.25, 0.3) is 0 Å². The Bertz CT molecular complexity index is 196. The van der Waals surface area contributed by atoms with Gasteiger partial charge in [0.15, 0.2) is 0 Å². The molecule has 0 saturated heterocycles. The molecule has 0 aliphatic carbocycles. The molecular formula is C8H15N3S. The first kappa shape index (κ1) is 9.64. The van der Waals surface area contributed by atoms with Gasteiger partial charge >= 0.3 is 0 Å². The van der Waals surface area contributed by atoms with E-state index in [4.69, 9.17) is 5.73 Å². The minimum atomic E-state index is 0.286. The molecule has 0 radical (unpaired) electrons. The lowest BCUT2D eigenvalue weighted by molar-refractivity contribution is 0.588. The predicted molar refractivity (Wildman–Crippen MR) is 52.1 cm³/mol. The maximum absolute atomic E-state index is 5.60. The smallest absolute Gasteiger partial charge is 0.106 e. The number of hydrogen-bond donors (Lipinski definition) is 2. The summed E-state index contributed by atoms with van der Waals surface area (Å²) in [6.07, 6.45) is 2.85. The minimum Gasteiger partial charge on any atom is -0.328 e. The van der Waals surface area contributed by atoms with Gasteiger partial charge in [-0.05, 0) is 19.9 Å². The van der Waals surface area contributed by atoms with Crippen LogP contribution in [0.3, 0.4) is 0 Å². The first-order chi connectivity index (χ1) is 5.79. The largest absolute Gasteiger partial charge is 0.328 e. The van der Waals surface area contributed by atoms with Gasteiger partial charge in [0, 0.05) is 24.2 Å². The van der Waals surface area contributed by atoms with Gasteiger partial charge in [-0.25, -0.2) is 4.98 Å². The van der Waals surface area contributed by atoms with Crippen molar-refractivity contribution in [1.82, 2.24) is 10.3 Å². The third-order valence-corrected chi connectivity index (χ3v) is 2.32. The van der Waals surface area contributed by atoms with Crippen molar-refractivity contribution in [2.24, 2.45) is 5.73 Å². The molecule has 3 N–H and O–H groups in total. The highest BCUT2D eigenvalue weighted by atomic mass is 32.1. The molecule has 0 saturated carbocycles. The van der Waals surface area contributed by atoms with Crippen LogP contribution in [0, 0.1) is 0 Å². The van der Waals surface area contributed by atoms with E-state index in [9.17, 15) is 0 Å². The zero-order chi connectivity index (χ0) is 8.81. The summed E-state index contributed by atoms with van der Waals surface area (Å²) in [5.41, 5.74) is 5.60. The van der Waals surface area contributed by atoms with Gasteiger partial charge in [0.2, 0.25) is 0 Å². The van der Waals surface area contributed by atoms with E-state index in [1.54, 1.807) is 11.3 Å². The topological polar surface area (TPSA) is 50.9 Å². The molecule has 12 heavy (non-hydrogen) atoms. The van der Waals surface area contributed by atoms with Crippen molar-refractivity contribution < 1.29 is 0 Å². The monoisotopic (exact) mass is 185 g/mol. The number of aromatic nitrogens is 1. The summed E-state index contributed by atoms with van der Waals surface area (Å²) < 4.78 is 0. The fourth-order valence-electron chi connectivity index (χ4n) is 0.865. The average molecular weight is 185 g/mol. The summed E-state index contributed by atoms with van der Waals surface area (Å²) in [7, 11) is 0. The molecule has 0 aliphatic heterocycles. The second kappa shape index (κ2) is 5.24. The molecule has 1 unspecified atom stereocenters. The van der Waals surface area contributed by atoms with Gasteiger partial charge in [-0.3, -0.25) is 0 Å². The van der Waals surface area contributed by atoms with E-state index in [1.165, 1.54) is 0 Å². The lowest BCUT2D eigenvalue weighted by Gasteiger charge is -2.04. The first-order valence-electron chi connectivity index (χ1n) is 4.13. The van der Waals surface area contributed by atoms with Crippen LogP contribution in [-0.2, 0) is 6.54 Å². The Morgan fingerprint density at radius 2 is 2.58 bits per heavy atom. The quantitative estimate of drug-likeness (QED) is 0.672. The highest BCUT2D eigenvalue weighted by molar-refractivity contribution is 7.09. The molecule has 0 spiro atoms. The molecule has 1 aromatic heterocycles. The van der Waals surface area contributed by atoms with Gasteiger partial charge in [0.1, 0.15) is 5.01 Å². The van der Waals surface area contributed by atoms with E-state index in [0.29, 0.717) is 0 Å². The van der Waals surface area contributed by atoms with Crippen molar-refractivity contribution in [2.45, 2.75) is 25.9 Å². The highest BCUT2D eigenvalue weighted by Crippen LogP contribution is 2.02. The second-order valence-corrected chi connectivity index (χ2v) is 3.85. The molecule has 1 atom stereocenters. The van der Waals surface area contributed by atoms with Gasteiger partial charge in [-0.2, -0.15) is 0 Å². The number of thiazole rings is 1. The summed E-state index contributed by atoms with van der Waals surface area (Å²) >= 11 is 1.68. The van der Waals surface area contributed by atoms with Crippen molar-refractivity contribution in [3.63, 3.8) is 0 Å². The van der Waals surface area contributed by atoms with Crippen LogP contribution in [0.2, 0.25) is 0 Å². The molecule has 3 nitrogen and oxygen atoms in total. The zero-order valence-corrected chi connectivity index (χ0v) is 8.10. The Morgan fingerprint density at radius 1 is 1.75 bits per heavy atom. The lowest BCUT2D eigenvalue weighted by atomic mass is 10.2. The predicted octanol–water partition coefficient (Wildman–Crippen LogP) is 0.970. The Balaban J connectivity index is 2.04. The maximum atomic E-state index is 5.60. The standard InChI is InChI=1S/C8H15N3S/c1-7(9)2-3-10-6-8-11-4-5-12-8/h4-5,7,10H,2-3,6,9H2,1H3. The molecule has 0 fully saturated rings. The molecule has 0 aromatic carbocycles. The summed E-state index contributed by atoms with van der Waals surface area (Å²) in [5, 5.41) is 6.41. The normalized spacial score (nSPS) is 13.2. The van der Waals surface area contributed by atoms with E-state index in [-0.39, 0.29) is 6.04 Å². The van der Waals surface area contributed by atoms with Gasteiger partial charge < -0.3 is 11.1 Å². The molecule has 68 valence electrons. The van der Waals surface area contributed by atoms with Gasteiger partial charge in [-0.1, -0.05) is 0 Å². The Kier molecular flexibility index (Phi) is 4.21. The van der Waals surface area contributed by atoms with Crippen molar-refractivity contribution in [3.05, 3.63) is 16.6 Å². The third kappa shape index (κ3) is 3.80. The molecule has 1 rings (SSSR count). The van der Waals surface area contributed by atoms with Crippen LogP contribution in [0.1, 0.15) is 18.4 Å². The molecule has 1 aromatic rings. The molecule has 4 heteroatoms. The molecular weight excluding hydrogens is 170 g/mol. The van der Waals surface area contributed by atoms with Crippen LogP contribution in [0.5, 0.6) is 0 Å². The summed E-state index contributed by atoms with van der Waals surface area (Å²) in [5.74, 6) is 0. The highest BCUT2D eigenvalue weighted by Gasteiger charge is 1.95. The second-order valence-electron chi connectivity index (χ2n) is 2.87. The Labute approximate surface area is 77.0 Å². The molecule has 1 heterocycles. The molecule has 0 aliphatic rings. The van der Waals surface area contributed by atoms with Crippen molar-refractivity contribution in [3.8, 4) is 0 Å². The van der Waals surface area contributed by atoms with Crippen molar-refractivity contribution in [1.29, 1.82) is 0 Å². The van der Waals surface area contributed by atoms with Crippen LogP contribution in [0.15, 0.2) is 11.6 Å². The third-order valence-electron chi connectivity index (χ3n) is 1.54. The Hall–Kier alpha value is -0.450. The van der Waals surface area contributed by atoms with E-state index < -0.39 is 0 Å². The summed E-state index contributed by atoms with van der Waals surface area (Å²) in [4.78, 5) is 4.16. The van der Waals surface area contributed by atoms with E-state index >= 15 is 0 Å². The van der Waals surface area contributed by atoms with E-state index in [0.717, 1.165) is 24.5 Å². The number of nitrogens with one attached hydrogen (secondary N) is 1. The fraction of sp³-hybridized carbons (Fsp3) is 0.625. The van der Waals surface area contributed by atoms with Crippen molar-refractivity contribution in [2.75, 3.05) is 6.54 Å². The lowest BCUT2D eigenvalue weighted by Crippen LogP contribution is -2.23. The minimum absolute atomic E-state index is 0.286. The SMILES string of the molecule is CC(N)CCNCc1nccs1. The van der Waals surface area contributed by atoms with Crippen LogP contribution in [0.25, 0.3) is 0 Å². The zero-order valence-electron chi connectivity index (χ0n) is 7.29. The van der Waals surface area contributed by atoms with E-state index in [1.807, 2.05) is 18.5 Å². The van der Waals surface area contributed by atoms with Crippen molar-refractivity contribution >= 4 is 11.3 Å². The Morgan fingerprint density at radius 3 is 3.17 bits per heavy atom. The van der Waals surface area contributed by atoms with Crippen LogP contribution < -0.4 is 11.1 Å². The number of nitrogens with two attached hydrogens (primary N) is 1. The maximum Gasteiger partial charge on any atom is 0.106 e. The number of rotatable bonds is 5. The average Bonchev–Trinajstić information content (AvgIpc) is 2.49. The van der Waals surface area contributed by atoms with Gasteiger partial charge in [-0.15, -0.1) is 11.3 Å². The first-order valence-corrected chi connectivity index (χ1v) is 5.01. The fourth-order valence-corrected chi connectivity index (χ4v) is 1.45. The van der Waals surface area contributed by atoms with Crippen LogP contribution >= 0.6 is 11.3 Å². The molecule has 0 amide bonds. The van der Waals surface area contributed by atoms with Crippen LogP contribution in [-0.4, -0.2) is 17.6 Å². The summed E-state index contributed by atoms with van der Waals surface area (Å²) in [6, 6.07) is 0.286. The molecule has 0 bridgehead atoms. The number of nitrogens with zero attached hydrogens (tertiary/aromatic N) is 1. The number of hydrogen-bond acceptors (Lipinski definition) is 4. The van der Waals surface area contributed by atoms with E-state index in [2.05, 4.69) is 10.3 Å². The van der Waals surface area contributed by atoms with Gasteiger partial charge in [0.05, 0.1) is 0 Å².